The molecule has 1 fully saturated rings. The van der Waals surface area contributed by atoms with E-state index in [0.717, 1.165) is 5.39 Å². The lowest BCUT2D eigenvalue weighted by Crippen LogP contribution is -2.43. The number of amides is 2. The average Bonchev–Trinajstić information content (AvgIpc) is 2.89. The Morgan fingerprint density at radius 1 is 1.23 bits per heavy atom. The van der Waals surface area contributed by atoms with Gasteiger partial charge in [0.25, 0.3) is 5.91 Å². The van der Waals surface area contributed by atoms with Crippen LogP contribution >= 0.6 is 0 Å². The Labute approximate surface area is 151 Å². The van der Waals surface area contributed by atoms with E-state index in [-0.39, 0.29) is 24.4 Å². The Morgan fingerprint density at radius 2 is 2.00 bits per heavy atom. The Balaban J connectivity index is 1.70. The number of furan rings is 1. The molecule has 1 atom stereocenters. The standard InChI is InChI=1S/C19H22N2O5/c1-13(22)21(12-18(23)24)15-6-4-9-20(10-8-15)19(25)17-11-14-5-2-3-7-16(14)26-17/h2-3,5,7,11,15H,4,6,8-10,12H2,1H3,(H,23,24). The summed E-state index contributed by atoms with van der Waals surface area (Å²) in [5.74, 6) is -1.15. The van der Waals surface area contributed by atoms with Gasteiger partial charge in [-0.25, -0.2) is 0 Å². The molecule has 1 aliphatic heterocycles. The van der Waals surface area contributed by atoms with Crippen LogP contribution in [-0.4, -0.2) is 58.4 Å². The van der Waals surface area contributed by atoms with Gasteiger partial charge >= 0.3 is 5.97 Å². The number of carbonyl (C=O) groups is 3. The number of para-hydroxylation sites is 1. The number of rotatable bonds is 4. The van der Waals surface area contributed by atoms with Crippen LogP contribution in [0.25, 0.3) is 11.0 Å². The first-order valence-electron chi connectivity index (χ1n) is 8.72. The second kappa shape index (κ2) is 7.59. The average molecular weight is 358 g/mol. The maximum atomic E-state index is 12.8. The number of aliphatic carboxylic acids is 1. The number of carboxylic acid groups (broad SMARTS) is 1. The highest BCUT2D eigenvalue weighted by Gasteiger charge is 2.28. The van der Waals surface area contributed by atoms with E-state index in [1.54, 1.807) is 11.0 Å². The van der Waals surface area contributed by atoms with E-state index < -0.39 is 5.97 Å². The van der Waals surface area contributed by atoms with Crippen molar-refractivity contribution in [3.05, 3.63) is 36.1 Å². The van der Waals surface area contributed by atoms with Crippen molar-refractivity contribution in [3.8, 4) is 0 Å². The number of carbonyl (C=O) groups excluding carboxylic acids is 2. The quantitative estimate of drug-likeness (QED) is 0.906. The smallest absolute Gasteiger partial charge is 0.323 e. The summed E-state index contributed by atoms with van der Waals surface area (Å²) in [4.78, 5) is 38.7. The first kappa shape index (κ1) is 18.0. The predicted molar refractivity (Wildman–Crippen MR) is 94.8 cm³/mol. The largest absolute Gasteiger partial charge is 0.480 e. The lowest BCUT2D eigenvalue weighted by atomic mass is 10.1. The van der Waals surface area contributed by atoms with Crippen molar-refractivity contribution in [1.29, 1.82) is 0 Å². The third kappa shape index (κ3) is 3.87. The summed E-state index contributed by atoms with van der Waals surface area (Å²) in [6, 6.07) is 9.03. The first-order chi connectivity index (χ1) is 12.5. The van der Waals surface area contributed by atoms with Gasteiger partial charge in [0.15, 0.2) is 5.76 Å². The zero-order valence-electron chi connectivity index (χ0n) is 14.7. The zero-order valence-corrected chi connectivity index (χ0v) is 14.7. The van der Waals surface area contributed by atoms with Crippen LogP contribution in [0.15, 0.2) is 34.7 Å². The molecule has 3 rings (SSSR count). The highest BCUT2D eigenvalue weighted by Crippen LogP contribution is 2.23. The van der Waals surface area contributed by atoms with E-state index >= 15 is 0 Å². The van der Waals surface area contributed by atoms with Crippen molar-refractivity contribution in [3.63, 3.8) is 0 Å². The topological polar surface area (TPSA) is 91.1 Å². The third-order valence-corrected chi connectivity index (χ3v) is 4.77. The lowest BCUT2D eigenvalue weighted by molar-refractivity contribution is -0.145. The molecular formula is C19H22N2O5. The number of likely N-dealkylation sites (tertiary alicyclic amines) is 1. The van der Waals surface area contributed by atoms with Gasteiger partial charge in [0, 0.05) is 31.4 Å². The van der Waals surface area contributed by atoms with Crippen molar-refractivity contribution in [1.82, 2.24) is 9.80 Å². The second-order valence-electron chi connectivity index (χ2n) is 6.57. The molecule has 2 heterocycles. The number of benzene rings is 1. The van der Waals surface area contributed by atoms with E-state index in [4.69, 9.17) is 9.52 Å². The number of hydrogen-bond acceptors (Lipinski definition) is 4. The Bertz CT molecular complexity index is 795. The predicted octanol–water partition coefficient (Wildman–Crippen LogP) is 2.36. The minimum atomic E-state index is -1.03. The molecule has 1 unspecified atom stereocenters. The van der Waals surface area contributed by atoms with Gasteiger partial charge in [-0.3, -0.25) is 14.4 Å². The molecule has 0 aliphatic carbocycles. The molecule has 0 saturated carbocycles. The molecule has 2 amide bonds. The summed E-state index contributed by atoms with van der Waals surface area (Å²) in [6.45, 7) is 2.10. The van der Waals surface area contributed by atoms with Crippen LogP contribution in [0.4, 0.5) is 0 Å². The molecule has 0 spiro atoms. The number of hydrogen-bond donors (Lipinski definition) is 1. The fourth-order valence-corrected chi connectivity index (χ4v) is 3.48. The summed E-state index contributed by atoms with van der Waals surface area (Å²) in [5, 5.41) is 9.90. The van der Waals surface area contributed by atoms with E-state index in [1.165, 1.54) is 11.8 Å². The Hall–Kier alpha value is -2.83. The SMILES string of the molecule is CC(=O)N(CC(=O)O)C1CCCN(C(=O)c2cc3ccccc3o2)CC1. The molecular weight excluding hydrogens is 336 g/mol. The van der Waals surface area contributed by atoms with Crippen molar-refractivity contribution < 1.29 is 23.9 Å². The van der Waals surface area contributed by atoms with Crippen LogP contribution in [-0.2, 0) is 9.59 Å². The molecule has 1 aromatic heterocycles. The molecule has 7 heteroatoms. The van der Waals surface area contributed by atoms with E-state index in [9.17, 15) is 14.4 Å². The minimum Gasteiger partial charge on any atom is -0.480 e. The van der Waals surface area contributed by atoms with Crippen LogP contribution in [0.3, 0.4) is 0 Å². The summed E-state index contributed by atoms with van der Waals surface area (Å²) >= 11 is 0. The van der Waals surface area contributed by atoms with Crippen molar-refractivity contribution >= 4 is 28.8 Å². The van der Waals surface area contributed by atoms with Crippen LogP contribution in [0.1, 0.15) is 36.7 Å². The maximum absolute atomic E-state index is 12.8. The normalized spacial score (nSPS) is 17.7. The van der Waals surface area contributed by atoms with Crippen molar-refractivity contribution in [2.45, 2.75) is 32.2 Å². The van der Waals surface area contributed by atoms with Gasteiger partial charge in [-0.1, -0.05) is 18.2 Å². The summed E-state index contributed by atoms with van der Waals surface area (Å²) < 4.78 is 5.66. The highest BCUT2D eigenvalue weighted by atomic mass is 16.4. The second-order valence-corrected chi connectivity index (χ2v) is 6.57. The van der Waals surface area contributed by atoms with Crippen LogP contribution in [0, 0.1) is 0 Å². The van der Waals surface area contributed by atoms with Gasteiger partial charge in [0.1, 0.15) is 12.1 Å². The van der Waals surface area contributed by atoms with Gasteiger partial charge in [0.2, 0.25) is 5.91 Å². The zero-order chi connectivity index (χ0) is 18.7. The molecule has 26 heavy (non-hydrogen) atoms. The Morgan fingerprint density at radius 3 is 2.69 bits per heavy atom. The van der Waals surface area contributed by atoms with Gasteiger partial charge in [-0.15, -0.1) is 0 Å². The molecule has 1 saturated heterocycles. The maximum Gasteiger partial charge on any atom is 0.323 e. The molecule has 1 aromatic carbocycles. The summed E-state index contributed by atoms with van der Waals surface area (Å²) in [7, 11) is 0. The molecule has 0 bridgehead atoms. The van der Waals surface area contributed by atoms with E-state index in [2.05, 4.69) is 0 Å². The van der Waals surface area contributed by atoms with Crippen LogP contribution < -0.4 is 0 Å². The van der Waals surface area contributed by atoms with E-state index in [1.807, 2.05) is 24.3 Å². The lowest BCUT2D eigenvalue weighted by Gasteiger charge is -2.28. The van der Waals surface area contributed by atoms with E-state index in [0.29, 0.717) is 43.7 Å². The van der Waals surface area contributed by atoms with Crippen molar-refractivity contribution in [2.24, 2.45) is 0 Å². The molecule has 1 N–H and O–H groups in total. The number of carboxylic acids is 1. The van der Waals surface area contributed by atoms with Gasteiger partial charge < -0.3 is 19.3 Å². The summed E-state index contributed by atoms with van der Waals surface area (Å²) in [6.07, 6.45) is 1.94. The monoisotopic (exact) mass is 358 g/mol. The molecule has 138 valence electrons. The highest BCUT2D eigenvalue weighted by molar-refractivity contribution is 5.96. The number of fused-ring (bicyclic) bond motifs is 1. The fraction of sp³-hybridized carbons (Fsp3) is 0.421. The molecule has 2 aromatic rings. The van der Waals surface area contributed by atoms with Crippen LogP contribution in [0.5, 0.6) is 0 Å². The van der Waals surface area contributed by atoms with Gasteiger partial charge in [0.05, 0.1) is 0 Å². The number of nitrogens with zero attached hydrogens (tertiary/aromatic N) is 2. The van der Waals surface area contributed by atoms with Gasteiger partial charge in [-0.2, -0.15) is 0 Å². The third-order valence-electron chi connectivity index (χ3n) is 4.77. The summed E-state index contributed by atoms with van der Waals surface area (Å²) in [5.41, 5.74) is 0.674. The molecule has 0 radical (unpaired) electrons. The molecule has 1 aliphatic rings. The fourth-order valence-electron chi connectivity index (χ4n) is 3.48. The molecule has 7 nitrogen and oxygen atoms in total. The first-order valence-corrected chi connectivity index (χ1v) is 8.72. The minimum absolute atomic E-state index is 0.169. The van der Waals surface area contributed by atoms with Crippen LogP contribution in [0.2, 0.25) is 0 Å². The Kier molecular flexibility index (Phi) is 5.25. The van der Waals surface area contributed by atoms with Gasteiger partial charge in [-0.05, 0) is 31.4 Å². The van der Waals surface area contributed by atoms with Crippen molar-refractivity contribution in [2.75, 3.05) is 19.6 Å².